The Balaban J connectivity index is 2.99. The fourth-order valence-corrected chi connectivity index (χ4v) is 1.49. The van der Waals surface area contributed by atoms with E-state index in [4.69, 9.17) is 5.73 Å². The zero-order valence-corrected chi connectivity index (χ0v) is 9.30. The van der Waals surface area contributed by atoms with E-state index in [9.17, 15) is 18.0 Å². The lowest BCUT2D eigenvalue weighted by Gasteiger charge is -2.10. The Kier molecular flexibility index (Phi) is 3.42. The molecule has 0 aliphatic rings. The molecule has 1 rings (SSSR count). The van der Waals surface area contributed by atoms with Gasteiger partial charge in [-0.15, -0.1) is 13.2 Å². The molecule has 1 aromatic rings. The number of hydrogen-bond acceptors (Lipinski definition) is 2. The molecule has 1 aromatic carbocycles. The molecule has 3 nitrogen and oxygen atoms in total. The normalized spacial score (nSPS) is 11.2. The van der Waals surface area contributed by atoms with Crippen molar-refractivity contribution in [2.75, 3.05) is 0 Å². The minimum absolute atomic E-state index is 0.133. The van der Waals surface area contributed by atoms with E-state index in [2.05, 4.69) is 4.74 Å². The molecule has 0 radical (unpaired) electrons. The van der Waals surface area contributed by atoms with Crippen LogP contribution in [0.1, 0.15) is 10.4 Å². The summed E-state index contributed by atoms with van der Waals surface area (Å²) in [6, 6.07) is 3.45. The van der Waals surface area contributed by atoms with Crippen LogP contribution in [0.2, 0.25) is 0 Å². The lowest BCUT2D eigenvalue weighted by Crippen LogP contribution is -2.18. The second kappa shape index (κ2) is 4.25. The molecular weight excluding hydrogens is 326 g/mol. The van der Waals surface area contributed by atoms with Crippen LogP contribution in [-0.4, -0.2) is 12.3 Å². The molecule has 0 aromatic heterocycles. The maximum atomic E-state index is 11.9. The topological polar surface area (TPSA) is 52.3 Å². The molecule has 0 heterocycles. The van der Waals surface area contributed by atoms with Crippen LogP contribution in [0, 0.1) is 3.57 Å². The zero-order valence-electron chi connectivity index (χ0n) is 7.14. The third-order valence-corrected chi connectivity index (χ3v) is 2.29. The fourth-order valence-electron chi connectivity index (χ4n) is 0.862. The van der Waals surface area contributed by atoms with Gasteiger partial charge < -0.3 is 10.5 Å². The monoisotopic (exact) mass is 331 g/mol. The highest BCUT2D eigenvalue weighted by Gasteiger charge is 2.31. The van der Waals surface area contributed by atoms with Crippen molar-refractivity contribution in [3.63, 3.8) is 0 Å². The quantitative estimate of drug-likeness (QED) is 0.846. The van der Waals surface area contributed by atoms with Crippen LogP contribution in [0.3, 0.4) is 0 Å². The lowest BCUT2D eigenvalue weighted by atomic mass is 10.2. The van der Waals surface area contributed by atoms with Crippen molar-refractivity contribution >= 4 is 28.5 Å². The van der Waals surface area contributed by atoms with Crippen LogP contribution in [0.4, 0.5) is 13.2 Å². The van der Waals surface area contributed by atoms with E-state index in [1.807, 2.05) is 0 Å². The number of halogens is 4. The Hall–Kier alpha value is -0.990. The van der Waals surface area contributed by atoms with E-state index in [0.717, 1.165) is 6.07 Å². The highest BCUT2D eigenvalue weighted by atomic mass is 127. The fraction of sp³-hybridized carbons (Fsp3) is 0.125. The van der Waals surface area contributed by atoms with Crippen LogP contribution in [0.5, 0.6) is 5.75 Å². The summed E-state index contributed by atoms with van der Waals surface area (Å²) in [5, 5.41) is 0. The van der Waals surface area contributed by atoms with E-state index < -0.39 is 12.3 Å². The van der Waals surface area contributed by atoms with Crippen LogP contribution >= 0.6 is 22.6 Å². The van der Waals surface area contributed by atoms with Gasteiger partial charge in [-0.2, -0.15) is 0 Å². The van der Waals surface area contributed by atoms with Crippen molar-refractivity contribution in [2.24, 2.45) is 5.73 Å². The number of rotatable bonds is 2. The second-order valence-corrected chi connectivity index (χ2v) is 3.72. The Bertz CT molecular complexity index is 392. The first kappa shape index (κ1) is 12.1. The van der Waals surface area contributed by atoms with Gasteiger partial charge in [0, 0.05) is 5.56 Å². The number of primary amides is 1. The Morgan fingerprint density at radius 1 is 1.40 bits per heavy atom. The number of alkyl halides is 3. The molecule has 0 spiro atoms. The van der Waals surface area contributed by atoms with Crippen LogP contribution in [0.15, 0.2) is 18.2 Å². The van der Waals surface area contributed by atoms with Gasteiger partial charge in [0.05, 0.1) is 3.57 Å². The van der Waals surface area contributed by atoms with Gasteiger partial charge in [-0.1, -0.05) is 0 Å². The largest absolute Gasteiger partial charge is 0.573 e. The third-order valence-electron chi connectivity index (χ3n) is 1.44. The van der Waals surface area contributed by atoms with Gasteiger partial charge in [0.1, 0.15) is 5.75 Å². The molecule has 2 N–H and O–H groups in total. The van der Waals surface area contributed by atoms with Crippen molar-refractivity contribution in [1.29, 1.82) is 0 Å². The average molecular weight is 331 g/mol. The minimum Gasteiger partial charge on any atom is -0.405 e. The van der Waals surface area contributed by atoms with Crippen LogP contribution in [-0.2, 0) is 0 Å². The Labute approximate surface area is 96.5 Å². The molecule has 7 heteroatoms. The van der Waals surface area contributed by atoms with Crippen molar-refractivity contribution < 1.29 is 22.7 Å². The number of nitrogens with two attached hydrogens (primary N) is 1. The number of hydrogen-bond donors (Lipinski definition) is 1. The predicted molar refractivity (Wildman–Crippen MR) is 54.4 cm³/mol. The minimum atomic E-state index is -4.74. The molecule has 0 aliphatic carbocycles. The SMILES string of the molecule is NC(=O)c1ccc(OC(F)(F)F)c(I)c1. The third kappa shape index (κ3) is 3.57. The van der Waals surface area contributed by atoms with Gasteiger partial charge >= 0.3 is 6.36 Å². The number of ether oxygens (including phenoxy) is 1. The first-order valence-corrected chi connectivity index (χ1v) is 4.72. The van der Waals surface area contributed by atoms with Gasteiger partial charge in [-0.05, 0) is 40.8 Å². The van der Waals surface area contributed by atoms with Gasteiger partial charge in [0.15, 0.2) is 0 Å². The smallest absolute Gasteiger partial charge is 0.405 e. The first-order valence-electron chi connectivity index (χ1n) is 3.65. The van der Waals surface area contributed by atoms with Gasteiger partial charge in [-0.25, -0.2) is 0 Å². The van der Waals surface area contributed by atoms with Gasteiger partial charge in [0.2, 0.25) is 5.91 Å². The van der Waals surface area contributed by atoms with Gasteiger partial charge in [-0.3, -0.25) is 4.79 Å². The molecule has 0 fully saturated rings. The maximum Gasteiger partial charge on any atom is 0.573 e. The summed E-state index contributed by atoms with van der Waals surface area (Å²) >= 11 is 1.63. The van der Waals surface area contributed by atoms with Crippen LogP contribution in [0.25, 0.3) is 0 Å². The molecule has 0 aliphatic heterocycles. The van der Waals surface area contributed by atoms with Crippen molar-refractivity contribution in [3.05, 3.63) is 27.3 Å². The summed E-state index contributed by atoms with van der Waals surface area (Å²) in [5.41, 5.74) is 5.09. The Morgan fingerprint density at radius 3 is 2.40 bits per heavy atom. The summed E-state index contributed by atoms with van der Waals surface area (Å²) in [6.07, 6.45) is -4.74. The summed E-state index contributed by atoms with van der Waals surface area (Å²) in [7, 11) is 0. The molecule has 0 saturated carbocycles. The van der Waals surface area contributed by atoms with Crippen LogP contribution < -0.4 is 10.5 Å². The molecule has 15 heavy (non-hydrogen) atoms. The van der Waals surface area contributed by atoms with Crippen molar-refractivity contribution in [2.45, 2.75) is 6.36 Å². The van der Waals surface area contributed by atoms with E-state index in [1.165, 1.54) is 12.1 Å². The molecule has 0 saturated heterocycles. The van der Waals surface area contributed by atoms with E-state index in [1.54, 1.807) is 22.6 Å². The number of amides is 1. The van der Waals surface area contributed by atoms with E-state index in [-0.39, 0.29) is 14.9 Å². The second-order valence-electron chi connectivity index (χ2n) is 2.56. The molecule has 82 valence electrons. The lowest BCUT2D eigenvalue weighted by molar-refractivity contribution is -0.274. The maximum absolute atomic E-state index is 11.9. The number of benzene rings is 1. The molecule has 0 atom stereocenters. The first-order chi connectivity index (χ1) is 6.79. The van der Waals surface area contributed by atoms with Crippen molar-refractivity contribution in [3.8, 4) is 5.75 Å². The van der Waals surface area contributed by atoms with E-state index in [0.29, 0.717) is 0 Å². The predicted octanol–water partition coefficient (Wildman–Crippen LogP) is 2.29. The standard InChI is InChI=1S/C8H5F3INO2/c9-8(10,11)15-6-2-1-4(7(13)14)3-5(6)12/h1-3H,(H2,13,14). The van der Waals surface area contributed by atoms with Crippen molar-refractivity contribution in [1.82, 2.24) is 0 Å². The highest BCUT2D eigenvalue weighted by molar-refractivity contribution is 14.1. The zero-order chi connectivity index (χ0) is 11.6. The Morgan fingerprint density at radius 2 is 2.00 bits per heavy atom. The number of carbonyl (C=O) groups is 1. The molecular formula is C8H5F3INO2. The molecule has 0 bridgehead atoms. The highest BCUT2D eigenvalue weighted by Crippen LogP contribution is 2.28. The summed E-state index contributed by atoms with van der Waals surface area (Å²) in [6.45, 7) is 0. The number of carbonyl (C=O) groups excluding carboxylic acids is 1. The summed E-state index contributed by atoms with van der Waals surface area (Å²) in [4.78, 5) is 10.7. The summed E-state index contributed by atoms with van der Waals surface area (Å²) in [5.74, 6) is -1.06. The van der Waals surface area contributed by atoms with E-state index >= 15 is 0 Å². The molecule has 0 unspecified atom stereocenters. The van der Waals surface area contributed by atoms with Gasteiger partial charge in [0.25, 0.3) is 0 Å². The average Bonchev–Trinajstić information content (AvgIpc) is 2.05. The molecule has 1 amide bonds. The summed E-state index contributed by atoms with van der Waals surface area (Å²) < 4.78 is 39.5.